The quantitative estimate of drug-likeness (QED) is 0.254. The molecule has 3 heterocycles. The van der Waals surface area contributed by atoms with Gasteiger partial charge in [0.15, 0.2) is 5.82 Å². The van der Waals surface area contributed by atoms with Crippen LogP contribution in [0.1, 0.15) is 41.0 Å². The minimum Gasteiger partial charge on any atom is -0.476 e. The first-order valence-electron chi connectivity index (χ1n) is 13.0. The zero-order valence-corrected chi connectivity index (χ0v) is 23.7. The number of ether oxygens (including phenoxy) is 3. The molecule has 13 nitrogen and oxygen atoms in total. The van der Waals surface area contributed by atoms with Gasteiger partial charge in [0.05, 0.1) is 32.1 Å². The third kappa shape index (κ3) is 7.10. The number of carbonyl (C=O) groups excluding carboxylic acids is 1. The summed E-state index contributed by atoms with van der Waals surface area (Å²) >= 11 is 0. The van der Waals surface area contributed by atoms with Crippen LogP contribution in [0.5, 0.6) is 11.6 Å². The van der Waals surface area contributed by atoms with Crippen LogP contribution in [-0.2, 0) is 23.4 Å². The lowest BCUT2D eigenvalue weighted by molar-refractivity contribution is -0.149. The highest BCUT2D eigenvalue weighted by Gasteiger charge is 2.42. The summed E-state index contributed by atoms with van der Waals surface area (Å²) in [6, 6.07) is 7.68. The van der Waals surface area contributed by atoms with E-state index in [0.29, 0.717) is 42.8 Å². The Labute approximate surface area is 228 Å². The van der Waals surface area contributed by atoms with Gasteiger partial charge in [-0.2, -0.15) is 15.1 Å². The fraction of sp³-hybridized carbons (Fsp3) is 0.560. The van der Waals surface area contributed by atoms with Crippen LogP contribution in [0.25, 0.3) is 0 Å². The first-order chi connectivity index (χ1) is 18.6. The minimum absolute atomic E-state index is 0.0336. The molecule has 2 aliphatic heterocycles. The standard InChI is InChI=1S/C25H37N6O7P/c1-6-34-22-20-21(28-25(26)29-22)31(14-27-20)23-16(4)12-19(37-23)13-35-39(33,38-18-10-8-7-9-11-18)30-17(5)24(32)36-15(2)3/h7-11,15-17,19,23,27H,6,12-14H2,1-5H3,(H,30,33)(H2,26,28,29). The van der Waals surface area contributed by atoms with Gasteiger partial charge >= 0.3 is 13.7 Å². The number of nitrogens with two attached hydrogens (primary N) is 1. The molecule has 0 aliphatic carbocycles. The number of anilines is 3. The van der Waals surface area contributed by atoms with E-state index in [1.165, 1.54) is 0 Å². The van der Waals surface area contributed by atoms with Crippen LogP contribution in [0.4, 0.5) is 17.5 Å². The van der Waals surface area contributed by atoms with E-state index in [2.05, 4.69) is 27.3 Å². The van der Waals surface area contributed by atoms with Crippen LogP contribution in [0.15, 0.2) is 30.3 Å². The minimum atomic E-state index is -4.00. The number of aromatic nitrogens is 2. The molecule has 4 rings (SSSR count). The molecular weight excluding hydrogens is 527 g/mol. The van der Waals surface area contributed by atoms with Crippen LogP contribution in [-0.4, -0.2) is 60.3 Å². The number of hydrogen-bond acceptors (Lipinski definition) is 12. The van der Waals surface area contributed by atoms with Crippen molar-refractivity contribution >= 4 is 31.2 Å². The number of nitrogen functional groups attached to an aromatic ring is 1. The molecule has 0 spiro atoms. The molecule has 14 heteroatoms. The molecule has 2 aromatic rings. The maximum atomic E-state index is 13.8. The van der Waals surface area contributed by atoms with Crippen LogP contribution >= 0.6 is 7.75 Å². The summed E-state index contributed by atoms with van der Waals surface area (Å²) in [6.07, 6.45) is -0.436. The average molecular weight is 565 g/mol. The zero-order valence-electron chi connectivity index (χ0n) is 22.8. The van der Waals surface area contributed by atoms with Crippen molar-refractivity contribution in [2.45, 2.75) is 65.5 Å². The smallest absolute Gasteiger partial charge is 0.459 e. The van der Waals surface area contributed by atoms with Crippen molar-refractivity contribution in [1.29, 1.82) is 0 Å². The lowest BCUT2D eigenvalue weighted by Crippen LogP contribution is -2.39. The molecule has 5 unspecified atom stereocenters. The Hall–Kier alpha value is -3.12. The fourth-order valence-electron chi connectivity index (χ4n) is 4.42. The molecule has 2 aliphatic rings. The Kier molecular flexibility index (Phi) is 9.16. The van der Waals surface area contributed by atoms with Crippen molar-refractivity contribution in [3.05, 3.63) is 30.3 Å². The number of nitrogens with one attached hydrogen (secondary N) is 2. The Morgan fingerprint density at radius 3 is 2.72 bits per heavy atom. The Morgan fingerprint density at radius 1 is 1.28 bits per heavy atom. The van der Waals surface area contributed by atoms with Gasteiger partial charge in [0.25, 0.3) is 0 Å². The number of esters is 1. The van der Waals surface area contributed by atoms with Crippen molar-refractivity contribution < 1.29 is 32.6 Å². The summed E-state index contributed by atoms with van der Waals surface area (Å²) in [4.78, 5) is 22.9. The van der Waals surface area contributed by atoms with Crippen molar-refractivity contribution in [2.24, 2.45) is 5.92 Å². The number of hydrogen-bond donors (Lipinski definition) is 3. The highest BCUT2D eigenvalue weighted by Crippen LogP contribution is 2.47. The maximum Gasteiger partial charge on any atom is 0.459 e. The number of para-hydroxylation sites is 1. The van der Waals surface area contributed by atoms with Gasteiger partial charge in [-0.1, -0.05) is 25.1 Å². The fourth-order valence-corrected chi connectivity index (χ4v) is 5.94. The van der Waals surface area contributed by atoms with Gasteiger partial charge in [0, 0.05) is 5.92 Å². The molecule has 1 saturated heterocycles. The second-order valence-electron chi connectivity index (χ2n) is 9.72. The van der Waals surface area contributed by atoms with Crippen molar-refractivity contribution in [3.63, 3.8) is 0 Å². The van der Waals surface area contributed by atoms with Crippen LogP contribution in [0.2, 0.25) is 0 Å². The van der Waals surface area contributed by atoms with Gasteiger partial charge in [-0.3, -0.25) is 9.32 Å². The van der Waals surface area contributed by atoms with Crippen molar-refractivity contribution in [1.82, 2.24) is 15.1 Å². The number of rotatable bonds is 12. The molecule has 0 saturated carbocycles. The van der Waals surface area contributed by atoms with Gasteiger partial charge in [-0.05, 0) is 46.2 Å². The third-order valence-corrected chi connectivity index (χ3v) is 7.71. The van der Waals surface area contributed by atoms with Gasteiger partial charge < -0.3 is 34.7 Å². The average Bonchev–Trinajstić information content (AvgIpc) is 3.46. The number of carbonyl (C=O) groups is 1. The molecule has 1 aromatic heterocycles. The molecule has 0 bridgehead atoms. The molecule has 5 atom stereocenters. The van der Waals surface area contributed by atoms with Crippen molar-refractivity contribution in [3.8, 4) is 11.6 Å². The molecule has 214 valence electrons. The SMILES string of the molecule is CCOc1nc(N)nc2c1NCN2C1OC(COP(=O)(NC(C)C(=O)OC(C)C)Oc2ccccc2)CC1C. The lowest BCUT2D eigenvalue weighted by Gasteiger charge is -2.28. The molecule has 1 aromatic carbocycles. The van der Waals surface area contributed by atoms with Crippen molar-refractivity contribution in [2.75, 3.05) is 35.8 Å². The summed E-state index contributed by atoms with van der Waals surface area (Å²) in [5.41, 5.74) is 6.59. The monoisotopic (exact) mass is 564 g/mol. The third-order valence-electron chi connectivity index (χ3n) is 6.07. The normalized spacial score (nSPS) is 22.6. The van der Waals surface area contributed by atoms with Gasteiger partial charge in [0.1, 0.15) is 23.7 Å². The summed E-state index contributed by atoms with van der Waals surface area (Å²) in [7, 11) is -4.00. The van der Waals surface area contributed by atoms with E-state index in [9.17, 15) is 9.36 Å². The lowest BCUT2D eigenvalue weighted by atomic mass is 10.1. The second-order valence-corrected chi connectivity index (χ2v) is 11.4. The Morgan fingerprint density at radius 2 is 2.03 bits per heavy atom. The number of fused-ring (bicyclic) bond motifs is 1. The zero-order chi connectivity index (χ0) is 28.2. The highest BCUT2D eigenvalue weighted by molar-refractivity contribution is 7.52. The molecule has 0 amide bonds. The highest BCUT2D eigenvalue weighted by atomic mass is 31.2. The van der Waals surface area contributed by atoms with E-state index in [-0.39, 0.29) is 30.8 Å². The maximum absolute atomic E-state index is 13.8. The molecule has 0 radical (unpaired) electrons. The van der Waals surface area contributed by atoms with Crippen LogP contribution in [0.3, 0.4) is 0 Å². The topological polar surface area (TPSA) is 159 Å². The summed E-state index contributed by atoms with van der Waals surface area (Å²) in [5, 5.41) is 5.96. The van der Waals surface area contributed by atoms with E-state index in [1.54, 1.807) is 45.0 Å². The summed E-state index contributed by atoms with van der Waals surface area (Å²) < 4.78 is 42.5. The van der Waals surface area contributed by atoms with Crippen LogP contribution in [0, 0.1) is 5.92 Å². The first kappa shape index (κ1) is 28.9. The van der Waals surface area contributed by atoms with E-state index in [4.69, 9.17) is 29.0 Å². The van der Waals surface area contributed by atoms with Crippen LogP contribution < -0.4 is 30.3 Å². The molecule has 4 N–H and O–H groups in total. The first-order valence-corrected chi connectivity index (χ1v) is 14.6. The second kappa shape index (κ2) is 12.4. The predicted molar refractivity (Wildman–Crippen MR) is 145 cm³/mol. The molecular formula is C25H37N6O7P. The predicted octanol–water partition coefficient (Wildman–Crippen LogP) is 3.53. The van der Waals surface area contributed by atoms with E-state index >= 15 is 0 Å². The number of benzene rings is 1. The Bertz CT molecular complexity index is 1190. The van der Waals surface area contributed by atoms with Gasteiger partial charge in [0.2, 0.25) is 11.8 Å². The molecule has 1 fully saturated rings. The van der Waals surface area contributed by atoms with Gasteiger partial charge in [-0.25, -0.2) is 4.57 Å². The van der Waals surface area contributed by atoms with E-state index < -0.39 is 25.9 Å². The van der Waals surface area contributed by atoms with E-state index in [1.807, 2.05) is 17.9 Å². The van der Waals surface area contributed by atoms with E-state index in [0.717, 1.165) is 0 Å². The summed E-state index contributed by atoms with van der Waals surface area (Å²) in [6.45, 7) is 9.78. The van der Waals surface area contributed by atoms with Gasteiger partial charge in [-0.15, -0.1) is 0 Å². The Balaban J connectivity index is 1.45. The number of nitrogens with zero attached hydrogens (tertiary/aromatic N) is 3. The largest absolute Gasteiger partial charge is 0.476 e. The summed E-state index contributed by atoms with van der Waals surface area (Å²) in [5.74, 6) is 0.944. The molecule has 39 heavy (non-hydrogen) atoms.